The number of hydrogen-bond donors (Lipinski definition) is 4. The first kappa shape index (κ1) is 81.4. The molecule has 0 aromatic rings. The molecule has 0 aromatic carbocycles. The van der Waals surface area contributed by atoms with Gasteiger partial charge in [0.2, 0.25) is 5.78 Å². The maximum atomic E-state index is 11.4. The van der Waals surface area contributed by atoms with E-state index in [9.17, 15) is 14.2 Å². The third-order valence-electron chi connectivity index (χ3n) is 6.76. The molecule has 0 aromatic heterocycles. The van der Waals surface area contributed by atoms with Gasteiger partial charge in [0.25, 0.3) is 6.47 Å². The Balaban J connectivity index is -0.0000000477. The summed E-state index contributed by atoms with van der Waals surface area (Å²) < 4.78 is 25.2. The van der Waals surface area contributed by atoms with Gasteiger partial charge < -0.3 is 56.1 Å². The van der Waals surface area contributed by atoms with Gasteiger partial charge in [-0.2, -0.15) is 4.79 Å². The second kappa shape index (κ2) is 54.5. The minimum Gasteiger partial charge on any atom is -1.00 e. The van der Waals surface area contributed by atoms with Crippen LogP contribution in [0.3, 0.4) is 0 Å². The van der Waals surface area contributed by atoms with E-state index < -0.39 is 18.8 Å². The van der Waals surface area contributed by atoms with E-state index in [0.29, 0.717) is 6.61 Å². The molecule has 0 bridgehead atoms. The Labute approximate surface area is 435 Å². The number of nitrogens with zero attached hydrogens (tertiary/aromatic N) is 2. The summed E-state index contributed by atoms with van der Waals surface area (Å²) in [6.07, 6.45) is 11.7. The van der Waals surface area contributed by atoms with Crippen molar-refractivity contribution < 1.29 is 172 Å². The average molecular weight is 924 g/mol. The smallest absolute Gasteiger partial charge is 1.00 e. The molecule has 1 rings (SSSR count). The standard InChI is InChI=1S/C7H12.C6H14O.C6H12O.C5H9N2O4P.C5H12O2.C4H8O.CH2Cl2.CH2O3.CH4O.2K.H/c1-5-7(3,4)6-2;2*1-4-6(2,3)5-7;1-4(8)5(7-6)12(9,10-2)11-3;1-5(2,3-6)4-7;1-2-4-5-3-1;2-1-3;2-1-4-3;1-2;;;/h1H,6H2,2-4H3;7H,4-5H2,1-3H3;5H,4H2,1-3H3;1-3H3;6-7H,3-4H2,1-2H3;1-4H2;1H2;1,3H;2H,1H3;;;/q;;;;;;;;;2*+1;-1/p-1. The number of Topliss-reactive ketones (excluding diaryl/α,β-unsaturated/α-hetero) is 1. The van der Waals surface area contributed by atoms with Gasteiger partial charge in [-0.3, -0.25) is 9.59 Å². The van der Waals surface area contributed by atoms with Gasteiger partial charge in [-0.15, -0.1) is 35.5 Å². The number of alkyl halides is 2. The Hall–Kier alpha value is 1.51. The molecule has 0 saturated carbocycles. The quantitative estimate of drug-likeness (QED) is 0.0195. The van der Waals surface area contributed by atoms with Crippen LogP contribution in [0.2, 0.25) is 0 Å². The second-order valence-corrected chi connectivity index (χ2v) is 16.4. The fraction of sp³-hybridized carbons (Fsp3) is 0.833. The van der Waals surface area contributed by atoms with E-state index in [4.69, 9.17) is 70.4 Å². The molecular weight excluding hydrogens is 848 g/mol. The van der Waals surface area contributed by atoms with Crippen LogP contribution >= 0.6 is 30.8 Å². The Morgan fingerprint density at radius 2 is 1.23 bits per heavy atom. The van der Waals surface area contributed by atoms with Gasteiger partial charge in [0.15, 0.2) is 0 Å². The average Bonchev–Trinajstić information content (AvgIpc) is 3.78. The first-order chi connectivity index (χ1) is 24.8. The van der Waals surface area contributed by atoms with Crippen molar-refractivity contribution in [3.8, 4) is 12.3 Å². The normalized spacial score (nSPS) is 10.9. The molecule has 1 fully saturated rings. The fourth-order valence-corrected chi connectivity index (χ4v) is 2.41. The van der Waals surface area contributed by atoms with Crippen molar-refractivity contribution in [2.45, 2.75) is 115 Å². The zero-order chi connectivity index (χ0) is 45.1. The summed E-state index contributed by atoms with van der Waals surface area (Å²) in [7, 11) is -0.506. The van der Waals surface area contributed by atoms with Crippen LogP contribution in [0.1, 0.15) is 117 Å². The predicted octanol–water partition coefficient (Wildman–Crippen LogP) is 0.161. The molecule has 0 aliphatic carbocycles. The number of aliphatic hydroxyl groups is 4. The van der Waals surface area contributed by atoms with Gasteiger partial charge in [-0.05, 0) is 51.4 Å². The summed E-state index contributed by atoms with van der Waals surface area (Å²) in [6, 6.07) is 0. The summed E-state index contributed by atoms with van der Waals surface area (Å²) in [5.74, 6) is 2.03. The van der Waals surface area contributed by atoms with E-state index in [0.717, 1.165) is 67.0 Å². The van der Waals surface area contributed by atoms with Crippen LogP contribution in [0.15, 0.2) is 0 Å². The van der Waals surface area contributed by atoms with Gasteiger partial charge in [-0.25, -0.2) is 4.57 Å². The van der Waals surface area contributed by atoms with Crippen molar-refractivity contribution >= 4 is 54.8 Å². The number of rotatable bonds is 12. The molecule has 1 heterocycles. The number of ether oxygens (including phenoxy) is 1. The van der Waals surface area contributed by atoms with E-state index in [1.807, 2.05) is 34.6 Å². The second-order valence-electron chi connectivity index (χ2n) is 13.5. The SMILES string of the molecule is C#CC(C)(C)CC.C1CCOC1.CC(C)(CO)CO.CCC(C)(C)C=O.CCC(C)(C)CO.CO.COP(=O)(OC)C(=[N+]=[N-])C(C)=O.ClCCl.O=CO[O-].[H-].[K+].[K+]. The zero-order valence-electron chi connectivity index (χ0n) is 38.6. The topological polar surface area (TPSA) is 246 Å². The summed E-state index contributed by atoms with van der Waals surface area (Å²) in [5.41, 5.74) is 7.57. The van der Waals surface area contributed by atoms with Crippen molar-refractivity contribution in [3.05, 3.63) is 5.53 Å². The van der Waals surface area contributed by atoms with Crippen LogP contribution < -0.4 is 108 Å². The molecule has 0 unspecified atom stereocenters. The monoisotopic (exact) mass is 922 g/mol. The minimum atomic E-state index is -3.70. The molecular formula is C36H75Cl2K2N2O13P. The van der Waals surface area contributed by atoms with Gasteiger partial charge in [-0.1, -0.05) is 62.3 Å². The summed E-state index contributed by atoms with van der Waals surface area (Å²) >= 11 is 9.53. The zero-order valence-corrected chi connectivity index (χ0v) is 46.2. The van der Waals surface area contributed by atoms with Crippen molar-refractivity contribution in [3.63, 3.8) is 0 Å². The number of aliphatic hydroxyl groups excluding tert-OH is 4. The number of halogens is 2. The van der Waals surface area contributed by atoms with E-state index in [-0.39, 0.29) is 151 Å². The van der Waals surface area contributed by atoms with Crippen molar-refractivity contribution in [1.29, 1.82) is 0 Å². The molecule has 4 N–H and O–H groups in total. The first-order valence-electron chi connectivity index (χ1n) is 16.9. The molecule has 0 radical (unpaired) electrons. The largest absolute Gasteiger partial charge is 1.00 e. The van der Waals surface area contributed by atoms with Gasteiger partial charge in [0.05, 0.1) is 18.6 Å². The minimum absolute atomic E-state index is 0. The van der Waals surface area contributed by atoms with Crippen molar-refractivity contribution in [2.24, 2.45) is 21.7 Å². The molecule has 56 heavy (non-hydrogen) atoms. The van der Waals surface area contributed by atoms with Gasteiger partial charge in [0.1, 0.15) is 6.29 Å². The number of ketones is 1. The number of terminal acetylenes is 1. The van der Waals surface area contributed by atoms with Crippen LogP contribution in [0.25, 0.3) is 5.53 Å². The van der Waals surface area contributed by atoms with Crippen LogP contribution in [0.4, 0.5) is 0 Å². The van der Waals surface area contributed by atoms with Crippen LogP contribution in [-0.4, -0.2) is 109 Å². The van der Waals surface area contributed by atoms with Crippen molar-refractivity contribution in [1.82, 2.24) is 0 Å². The number of aldehydes is 1. The third kappa shape index (κ3) is 67.3. The Bertz CT molecular complexity index is 974. The van der Waals surface area contributed by atoms with E-state index >= 15 is 0 Å². The predicted molar refractivity (Wildman–Crippen MR) is 216 cm³/mol. The Morgan fingerprint density at radius 3 is 1.27 bits per heavy atom. The van der Waals surface area contributed by atoms with E-state index in [1.165, 1.54) is 12.8 Å². The Morgan fingerprint density at radius 1 is 0.893 bits per heavy atom. The van der Waals surface area contributed by atoms with E-state index in [2.05, 4.69) is 52.3 Å². The summed E-state index contributed by atoms with van der Waals surface area (Å²) in [6.45, 7) is 25.2. The third-order valence-corrected chi connectivity index (χ3v) is 8.65. The molecule has 20 heteroatoms. The molecule has 0 amide bonds. The Kier molecular flexibility index (Phi) is 79.2. The molecule has 1 aliphatic rings. The molecule has 0 spiro atoms. The van der Waals surface area contributed by atoms with Gasteiger partial charge >= 0.3 is 116 Å². The van der Waals surface area contributed by atoms with Crippen molar-refractivity contribution in [2.75, 3.05) is 59.7 Å². The summed E-state index contributed by atoms with van der Waals surface area (Å²) in [5, 5.41) is 41.1. The van der Waals surface area contributed by atoms with Crippen LogP contribution in [0, 0.1) is 34.0 Å². The number of carbonyl (C=O) groups is 3. The van der Waals surface area contributed by atoms with Gasteiger partial charge in [0, 0.05) is 64.3 Å². The maximum Gasteiger partial charge on any atom is 1.00 e. The van der Waals surface area contributed by atoms with Crippen LogP contribution in [-0.2, 0) is 37.6 Å². The molecule has 0 atom stereocenters. The van der Waals surface area contributed by atoms with Crippen LogP contribution in [0.5, 0.6) is 0 Å². The maximum absolute atomic E-state index is 11.4. The summed E-state index contributed by atoms with van der Waals surface area (Å²) in [4.78, 5) is 34.6. The molecule has 15 nitrogen and oxygen atoms in total. The fourth-order valence-electron chi connectivity index (χ4n) is 1.42. The first-order valence-corrected chi connectivity index (χ1v) is 19.5. The number of carbonyl (C=O) groups excluding carboxylic acids is 3. The van der Waals surface area contributed by atoms with E-state index in [1.54, 1.807) is 13.8 Å². The molecule has 1 aliphatic heterocycles. The number of hydrogen-bond acceptors (Lipinski definition) is 13. The molecule has 1 saturated heterocycles. The molecule has 328 valence electrons.